The van der Waals surface area contributed by atoms with Crippen LogP contribution < -0.4 is 5.32 Å². The molecule has 1 aromatic carbocycles. The molecule has 1 N–H and O–H groups in total. The summed E-state index contributed by atoms with van der Waals surface area (Å²) in [4.78, 5) is 0. The van der Waals surface area contributed by atoms with Gasteiger partial charge in [0.05, 0.1) is 5.69 Å². The summed E-state index contributed by atoms with van der Waals surface area (Å²) < 4.78 is 13.4. The molecule has 90 valence electrons. The number of anilines is 1. The maximum atomic E-state index is 13.4. The minimum absolute atomic E-state index is 0.118. The van der Waals surface area contributed by atoms with Crippen LogP contribution in [-0.4, -0.2) is 6.04 Å². The van der Waals surface area contributed by atoms with Crippen LogP contribution in [0.25, 0.3) is 0 Å². The van der Waals surface area contributed by atoms with Gasteiger partial charge in [0, 0.05) is 6.04 Å². The molecule has 1 aliphatic rings. The molecule has 2 nitrogen and oxygen atoms in total. The van der Waals surface area contributed by atoms with Crippen molar-refractivity contribution in [3.05, 3.63) is 29.6 Å². The van der Waals surface area contributed by atoms with Crippen LogP contribution >= 0.6 is 0 Å². The highest BCUT2D eigenvalue weighted by Crippen LogP contribution is 2.31. The zero-order chi connectivity index (χ0) is 12.3. The van der Waals surface area contributed by atoms with Gasteiger partial charge in [0.2, 0.25) is 0 Å². The fourth-order valence-corrected chi connectivity index (χ4v) is 2.31. The molecule has 3 heteroatoms. The van der Waals surface area contributed by atoms with E-state index < -0.39 is 5.82 Å². The molecule has 0 radical (unpaired) electrons. The molecule has 17 heavy (non-hydrogen) atoms. The summed E-state index contributed by atoms with van der Waals surface area (Å²) in [6.07, 6.45) is 5.04. The average Bonchev–Trinajstić information content (AvgIpc) is 2.24. The quantitative estimate of drug-likeness (QED) is 0.859. The first-order valence-electron chi connectivity index (χ1n) is 6.16. The van der Waals surface area contributed by atoms with Crippen LogP contribution in [0.3, 0.4) is 0 Å². The Balaban J connectivity index is 2.02. The summed E-state index contributed by atoms with van der Waals surface area (Å²) in [5.41, 5.74) is 0.729. The van der Waals surface area contributed by atoms with Crippen molar-refractivity contribution >= 4 is 5.69 Å². The van der Waals surface area contributed by atoms with Crippen LogP contribution in [0.5, 0.6) is 0 Å². The summed E-state index contributed by atoms with van der Waals surface area (Å²) in [7, 11) is 0. The van der Waals surface area contributed by atoms with Gasteiger partial charge in [0.15, 0.2) is 0 Å². The van der Waals surface area contributed by atoms with Crippen LogP contribution in [0.4, 0.5) is 10.1 Å². The van der Waals surface area contributed by atoms with Crippen molar-refractivity contribution in [1.82, 2.24) is 0 Å². The molecule has 0 saturated heterocycles. The second kappa shape index (κ2) is 5.18. The van der Waals surface area contributed by atoms with Gasteiger partial charge in [0.1, 0.15) is 17.4 Å². The third-order valence-corrected chi connectivity index (χ3v) is 3.44. The first-order chi connectivity index (χ1) is 8.20. The SMILES string of the molecule is CC(CC1CCC1)Nc1cccc(F)c1C#N. The normalized spacial score (nSPS) is 17.0. The minimum Gasteiger partial charge on any atom is -0.381 e. The summed E-state index contributed by atoms with van der Waals surface area (Å²) in [5.74, 6) is 0.352. The van der Waals surface area contributed by atoms with Crippen molar-refractivity contribution in [1.29, 1.82) is 5.26 Å². The molecule has 0 amide bonds. The highest BCUT2D eigenvalue weighted by molar-refractivity contribution is 5.58. The number of nitriles is 1. The molecule has 0 aliphatic heterocycles. The first kappa shape index (κ1) is 11.9. The summed E-state index contributed by atoms with van der Waals surface area (Å²) >= 11 is 0. The van der Waals surface area contributed by atoms with Crippen LogP contribution in [0.15, 0.2) is 18.2 Å². The van der Waals surface area contributed by atoms with Gasteiger partial charge in [-0.1, -0.05) is 25.3 Å². The van der Waals surface area contributed by atoms with E-state index in [0.717, 1.165) is 12.3 Å². The first-order valence-corrected chi connectivity index (χ1v) is 6.16. The Morgan fingerprint density at radius 1 is 1.53 bits per heavy atom. The molecule has 2 rings (SSSR count). The third kappa shape index (κ3) is 2.76. The van der Waals surface area contributed by atoms with E-state index >= 15 is 0 Å². The number of hydrogen-bond acceptors (Lipinski definition) is 2. The predicted octanol–water partition coefficient (Wildman–Crippen LogP) is 3.69. The van der Waals surface area contributed by atoms with Gasteiger partial charge in [0.25, 0.3) is 0 Å². The monoisotopic (exact) mass is 232 g/mol. The Bertz CT molecular complexity index is 432. The lowest BCUT2D eigenvalue weighted by atomic mass is 9.81. The Morgan fingerprint density at radius 3 is 2.88 bits per heavy atom. The molecular weight excluding hydrogens is 215 g/mol. The molecular formula is C14H17FN2. The lowest BCUT2D eigenvalue weighted by Gasteiger charge is -2.29. The van der Waals surface area contributed by atoms with E-state index in [1.54, 1.807) is 12.1 Å². The molecule has 1 saturated carbocycles. The fourth-order valence-electron chi connectivity index (χ4n) is 2.31. The van der Waals surface area contributed by atoms with Crippen molar-refractivity contribution in [2.24, 2.45) is 5.92 Å². The number of nitrogens with one attached hydrogen (secondary N) is 1. The van der Waals surface area contributed by atoms with Gasteiger partial charge in [-0.3, -0.25) is 0 Å². The average molecular weight is 232 g/mol. The van der Waals surface area contributed by atoms with Gasteiger partial charge in [-0.05, 0) is 31.4 Å². The van der Waals surface area contributed by atoms with E-state index in [0.29, 0.717) is 5.69 Å². The summed E-state index contributed by atoms with van der Waals surface area (Å²) in [5, 5.41) is 12.2. The number of nitrogens with zero attached hydrogens (tertiary/aromatic N) is 1. The molecule has 1 unspecified atom stereocenters. The Kier molecular flexibility index (Phi) is 3.63. The van der Waals surface area contributed by atoms with E-state index in [-0.39, 0.29) is 11.6 Å². The predicted molar refractivity (Wildman–Crippen MR) is 66.2 cm³/mol. The number of hydrogen-bond donors (Lipinski definition) is 1. The van der Waals surface area contributed by atoms with Gasteiger partial charge in [-0.2, -0.15) is 5.26 Å². The standard InChI is InChI=1S/C14H17FN2/c1-10(8-11-4-2-5-11)17-14-7-3-6-13(15)12(14)9-16/h3,6-7,10-11,17H,2,4-5,8H2,1H3. The van der Waals surface area contributed by atoms with E-state index in [9.17, 15) is 4.39 Å². The van der Waals surface area contributed by atoms with Gasteiger partial charge in [-0.25, -0.2) is 4.39 Å². The third-order valence-electron chi connectivity index (χ3n) is 3.44. The lowest BCUT2D eigenvalue weighted by Crippen LogP contribution is -2.23. The molecule has 0 heterocycles. The van der Waals surface area contributed by atoms with Crippen molar-refractivity contribution in [3.63, 3.8) is 0 Å². The fraction of sp³-hybridized carbons (Fsp3) is 0.500. The highest BCUT2D eigenvalue weighted by Gasteiger charge is 2.20. The smallest absolute Gasteiger partial charge is 0.143 e. The van der Waals surface area contributed by atoms with Crippen molar-refractivity contribution in [2.75, 3.05) is 5.32 Å². The van der Waals surface area contributed by atoms with E-state index in [4.69, 9.17) is 5.26 Å². The number of benzene rings is 1. The van der Waals surface area contributed by atoms with Gasteiger partial charge >= 0.3 is 0 Å². The van der Waals surface area contributed by atoms with Crippen LogP contribution in [0.2, 0.25) is 0 Å². The second-order valence-corrected chi connectivity index (χ2v) is 4.85. The van der Waals surface area contributed by atoms with Crippen LogP contribution in [0, 0.1) is 23.1 Å². The summed E-state index contributed by atoms with van der Waals surface area (Å²) in [6, 6.07) is 6.92. The largest absolute Gasteiger partial charge is 0.381 e. The molecule has 0 bridgehead atoms. The van der Waals surface area contributed by atoms with E-state index in [1.165, 1.54) is 25.3 Å². The molecule has 0 aromatic heterocycles. The Hall–Kier alpha value is -1.56. The maximum Gasteiger partial charge on any atom is 0.143 e. The van der Waals surface area contributed by atoms with E-state index in [1.807, 2.05) is 6.07 Å². The molecule has 1 fully saturated rings. The molecule has 1 aliphatic carbocycles. The number of rotatable bonds is 4. The zero-order valence-electron chi connectivity index (χ0n) is 10.0. The van der Waals surface area contributed by atoms with Crippen LogP contribution in [0.1, 0.15) is 38.2 Å². The zero-order valence-corrected chi connectivity index (χ0v) is 10.0. The van der Waals surface area contributed by atoms with Gasteiger partial charge < -0.3 is 5.32 Å². The molecule has 0 spiro atoms. The van der Waals surface area contributed by atoms with Crippen molar-refractivity contribution in [2.45, 2.75) is 38.6 Å². The Morgan fingerprint density at radius 2 is 2.29 bits per heavy atom. The van der Waals surface area contributed by atoms with Gasteiger partial charge in [-0.15, -0.1) is 0 Å². The number of halogens is 1. The highest BCUT2D eigenvalue weighted by atomic mass is 19.1. The second-order valence-electron chi connectivity index (χ2n) is 4.85. The minimum atomic E-state index is -0.451. The lowest BCUT2D eigenvalue weighted by molar-refractivity contribution is 0.286. The maximum absolute atomic E-state index is 13.4. The Labute approximate surface area is 101 Å². The molecule has 1 atom stereocenters. The molecule has 1 aromatic rings. The topological polar surface area (TPSA) is 35.8 Å². The van der Waals surface area contributed by atoms with Crippen LogP contribution in [-0.2, 0) is 0 Å². The van der Waals surface area contributed by atoms with Crippen molar-refractivity contribution < 1.29 is 4.39 Å². The van der Waals surface area contributed by atoms with E-state index in [2.05, 4.69) is 12.2 Å². The summed E-state index contributed by atoms with van der Waals surface area (Å²) in [6.45, 7) is 2.09. The van der Waals surface area contributed by atoms with Crippen molar-refractivity contribution in [3.8, 4) is 6.07 Å².